The third kappa shape index (κ3) is 15.7. The second-order valence-electron chi connectivity index (χ2n) is 18.1. The van der Waals surface area contributed by atoms with E-state index in [1.807, 2.05) is 58.0 Å². The maximum Gasteiger partial charge on any atom is 0.311 e. The van der Waals surface area contributed by atoms with Crippen LogP contribution in [0.15, 0.2) is 58.5 Å². The van der Waals surface area contributed by atoms with Crippen molar-refractivity contribution in [3.63, 3.8) is 0 Å². The van der Waals surface area contributed by atoms with Crippen molar-refractivity contribution in [2.45, 2.75) is 156 Å². The molecule has 11 heteroatoms. The number of benzene rings is 3. The normalized spacial score (nSPS) is 16.0. The molecule has 0 amide bonds. The molecule has 0 spiro atoms. The van der Waals surface area contributed by atoms with Crippen LogP contribution < -0.4 is 4.74 Å². The number of carboxylic acid groups (broad SMARTS) is 1. The van der Waals surface area contributed by atoms with E-state index >= 15 is 0 Å². The molecule has 58 heavy (non-hydrogen) atoms. The summed E-state index contributed by atoms with van der Waals surface area (Å²) in [7, 11) is 0. The number of aryl methyl sites for hydroxylation is 1. The van der Waals surface area contributed by atoms with Gasteiger partial charge in [0.2, 0.25) is 0 Å². The minimum absolute atomic E-state index is 0. The number of aliphatic imine (C=N–C) groups is 2. The van der Waals surface area contributed by atoms with Crippen molar-refractivity contribution >= 4 is 30.3 Å². The molecule has 1 aliphatic rings. The zero-order valence-corrected chi connectivity index (χ0v) is 37.2. The largest absolute Gasteiger partial charge is 0.507 e. The van der Waals surface area contributed by atoms with Crippen LogP contribution in [0.25, 0.3) is 0 Å². The molecule has 10 nitrogen and oxygen atoms in total. The number of rotatable bonds is 11. The van der Waals surface area contributed by atoms with E-state index in [1.165, 1.54) is 0 Å². The Morgan fingerprint density at radius 3 is 1.67 bits per heavy atom. The summed E-state index contributed by atoms with van der Waals surface area (Å²) in [4.78, 5) is 44.1. The molecular weight excluding hydrogens is 779 g/mol. The number of nitrogens with zero attached hydrogens (tertiary/aromatic N) is 2. The smallest absolute Gasteiger partial charge is 0.311 e. The fourth-order valence-electron chi connectivity index (χ4n) is 6.39. The van der Waals surface area contributed by atoms with Gasteiger partial charge >= 0.3 is 11.9 Å². The van der Waals surface area contributed by atoms with Crippen LogP contribution in [-0.2, 0) is 58.8 Å². The third-order valence-corrected chi connectivity index (χ3v) is 9.75. The first-order valence-corrected chi connectivity index (χ1v) is 19.9. The molecule has 1 radical (unpaired) electrons. The number of carbonyl (C=O) groups excluding carboxylic acids is 2. The van der Waals surface area contributed by atoms with Gasteiger partial charge in [-0.1, -0.05) is 111 Å². The van der Waals surface area contributed by atoms with E-state index in [4.69, 9.17) is 29.4 Å². The van der Waals surface area contributed by atoms with Crippen LogP contribution in [0, 0.1) is 6.92 Å². The van der Waals surface area contributed by atoms with Gasteiger partial charge in [-0.25, -0.2) is 0 Å². The Kier molecular flexibility index (Phi) is 18.4. The second kappa shape index (κ2) is 21.5. The van der Waals surface area contributed by atoms with E-state index in [-0.39, 0.29) is 76.6 Å². The van der Waals surface area contributed by atoms with Gasteiger partial charge in [0.1, 0.15) is 23.9 Å². The van der Waals surface area contributed by atoms with E-state index in [0.717, 1.165) is 54.9 Å². The van der Waals surface area contributed by atoms with E-state index in [0.29, 0.717) is 28.9 Å². The zero-order chi connectivity index (χ0) is 42.7. The Labute approximate surface area is 355 Å². The van der Waals surface area contributed by atoms with Crippen LogP contribution in [0.5, 0.6) is 17.2 Å². The van der Waals surface area contributed by atoms with Crippen molar-refractivity contribution in [1.82, 2.24) is 0 Å². The number of phenolic OH excluding ortho intramolecular Hbond substituents is 2. The van der Waals surface area contributed by atoms with Crippen molar-refractivity contribution in [2.24, 2.45) is 9.98 Å². The summed E-state index contributed by atoms with van der Waals surface area (Å²) in [6.07, 6.45) is 7.66. The molecular formula is C47H64CoN2O8. The quantitative estimate of drug-likeness (QED) is 0.0979. The van der Waals surface area contributed by atoms with Gasteiger partial charge in [0, 0.05) is 71.2 Å². The van der Waals surface area contributed by atoms with Gasteiger partial charge in [-0.3, -0.25) is 24.4 Å². The third-order valence-electron chi connectivity index (χ3n) is 9.75. The van der Waals surface area contributed by atoms with Gasteiger partial charge in [-0.15, -0.1) is 0 Å². The first-order valence-electron chi connectivity index (χ1n) is 19.9. The molecule has 2 atom stereocenters. The number of hydrogen-bond donors (Lipinski definition) is 3. The first kappa shape index (κ1) is 49.7. The summed E-state index contributed by atoms with van der Waals surface area (Å²) >= 11 is 0. The Morgan fingerprint density at radius 2 is 1.19 bits per heavy atom. The molecule has 3 aromatic rings. The fraction of sp³-hybridized carbons (Fsp3) is 0.511. The monoisotopic (exact) mass is 843 g/mol. The Bertz CT molecular complexity index is 1910. The summed E-state index contributed by atoms with van der Waals surface area (Å²) < 4.78 is 11.1. The van der Waals surface area contributed by atoms with Crippen molar-refractivity contribution in [3.8, 4) is 17.2 Å². The van der Waals surface area contributed by atoms with Gasteiger partial charge in [0.05, 0.1) is 12.1 Å². The maximum atomic E-state index is 12.9. The molecule has 0 aliphatic heterocycles. The van der Waals surface area contributed by atoms with Crippen LogP contribution in [0.3, 0.4) is 0 Å². The molecule has 3 aromatic carbocycles. The van der Waals surface area contributed by atoms with Crippen molar-refractivity contribution < 1.29 is 56.0 Å². The fourth-order valence-corrected chi connectivity index (χ4v) is 6.39. The summed E-state index contributed by atoms with van der Waals surface area (Å²) in [6, 6.07) is 15.0. The van der Waals surface area contributed by atoms with Crippen LogP contribution >= 0.6 is 0 Å². The summed E-state index contributed by atoms with van der Waals surface area (Å²) in [5.74, 6) is -1.02. The predicted octanol–water partition coefficient (Wildman–Crippen LogP) is 10.1. The van der Waals surface area contributed by atoms with E-state index < -0.39 is 17.4 Å². The average molecular weight is 844 g/mol. The number of aliphatic carboxylic acids is 1. The Morgan fingerprint density at radius 1 is 0.724 bits per heavy atom. The molecule has 0 heterocycles. The van der Waals surface area contributed by atoms with Crippen LogP contribution in [0.2, 0.25) is 0 Å². The number of carbonyl (C=O) groups is 3. The summed E-state index contributed by atoms with van der Waals surface area (Å²) in [5, 5.41) is 30.1. The molecule has 319 valence electrons. The van der Waals surface area contributed by atoms with Gasteiger partial charge < -0.3 is 24.8 Å². The Balaban J connectivity index is 0.00000221. The predicted molar refractivity (Wildman–Crippen MR) is 227 cm³/mol. The average Bonchev–Trinajstić information content (AvgIpc) is 3.09. The number of phenols is 2. The molecule has 0 aromatic heterocycles. The van der Waals surface area contributed by atoms with E-state index in [1.54, 1.807) is 24.6 Å². The van der Waals surface area contributed by atoms with Gasteiger partial charge in [0.15, 0.2) is 0 Å². The SMILES string of the molecule is CC(=O)O.Cc1ccc(COC(=O)CCCC(=O)Oc2cc(C=N[C@@H]3CCCC[C@H]3N=Cc3cc(C(C)(C)C)cc(C(C)(C)C)c3O)c(O)c(C(C)(C)C)c2)cc1.[Co]. The van der Waals surface area contributed by atoms with Gasteiger partial charge in [-0.05, 0) is 71.8 Å². The molecule has 1 aliphatic carbocycles. The maximum absolute atomic E-state index is 12.9. The molecule has 3 N–H and O–H groups in total. The number of esters is 2. The van der Waals surface area contributed by atoms with Crippen molar-refractivity contribution in [2.75, 3.05) is 0 Å². The topological polar surface area (TPSA) is 155 Å². The van der Waals surface area contributed by atoms with Crippen molar-refractivity contribution in [3.05, 3.63) is 87.5 Å². The standard InChI is InChI=1S/C45H60N2O6.C2H4O2.Co/c1-29-18-20-30(21-19-29)28-52-39(48)16-13-17-40(49)53-34-23-32(42(51)36(25-34)45(8,9)10)27-47-38-15-12-11-14-37(38)46-26-31-22-33(43(2,3)4)24-35(41(31)50)44(5,6)7;1-2(3)4;/h18-27,37-38,50-51H,11-17,28H2,1-10H3;1H3,(H,3,4);/t37-,38-;;/m1../s1. The van der Waals surface area contributed by atoms with Gasteiger partial charge in [0.25, 0.3) is 5.97 Å². The summed E-state index contributed by atoms with van der Waals surface area (Å²) in [6.45, 7) is 22.0. The van der Waals surface area contributed by atoms with E-state index in [2.05, 4.69) is 47.6 Å². The van der Waals surface area contributed by atoms with Crippen molar-refractivity contribution in [1.29, 1.82) is 0 Å². The minimum Gasteiger partial charge on any atom is -0.507 e. The second-order valence-corrected chi connectivity index (χ2v) is 18.1. The number of aromatic hydroxyl groups is 2. The van der Waals surface area contributed by atoms with E-state index in [9.17, 15) is 19.8 Å². The summed E-state index contributed by atoms with van der Waals surface area (Å²) in [5.41, 5.74) is 5.10. The molecule has 1 saturated carbocycles. The molecule has 1 fully saturated rings. The molecule has 0 saturated heterocycles. The van der Waals surface area contributed by atoms with Crippen LogP contribution in [0.1, 0.15) is 153 Å². The molecule has 4 rings (SSSR count). The Hall–Kier alpha value is -4.48. The number of hydrogen-bond acceptors (Lipinski definition) is 9. The molecule has 0 unspecified atom stereocenters. The minimum atomic E-state index is -0.833. The van der Waals surface area contributed by atoms with Crippen LogP contribution in [0.4, 0.5) is 0 Å². The van der Waals surface area contributed by atoms with Crippen LogP contribution in [-0.4, -0.2) is 57.7 Å². The molecule has 0 bridgehead atoms. The number of ether oxygens (including phenoxy) is 2. The zero-order valence-electron chi connectivity index (χ0n) is 36.2. The number of carboxylic acids is 1. The van der Waals surface area contributed by atoms with Gasteiger partial charge in [-0.2, -0.15) is 0 Å². The first-order chi connectivity index (χ1) is 26.4.